The monoisotopic (exact) mass is 458 g/mol. The molecule has 0 bridgehead atoms. The Morgan fingerprint density at radius 3 is 2.59 bits per heavy atom. The second-order valence-corrected chi connectivity index (χ2v) is 7.66. The fraction of sp³-hybridized carbons (Fsp3) is 0.333. The molecule has 0 saturated carbocycles. The van der Waals surface area contributed by atoms with Gasteiger partial charge in [0.05, 0.1) is 25.3 Å². The molecule has 0 aliphatic carbocycles. The number of rotatable bonds is 9. The molecule has 0 fully saturated rings. The van der Waals surface area contributed by atoms with E-state index in [1.807, 2.05) is 32.0 Å². The molecule has 1 atom stereocenters. The highest BCUT2D eigenvalue weighted by Gasteiger charge is 2.33. The Labute approximate surface area is 192 Å². The van der Waals surface area contributed by atoms with E-state index in [9.17, 15) is 9.59 Å². The SMILES string of the molecule is CCCC1=C(C(=O)OC)C(c2ccc(OCc3cccc(Cl)c3)c(OCC)c2)NC(=O)N1. The first-order valence-electron chi connectivity index (χ1n) is 10.5. The van der Waals surface area contributed by atoms with Crippen molar-refractivity contribution in [2.24, 2.45) is 0 Å². The molecule has 0 spiro atoms. The number of benzene rings is 2. The van der Waals surface area contributed by atoms with Crippen LogP contribution in [0.1, 0.15) is 43.9 Å². The molecule has 0 radical (unpaired) electrons. The lowest BCUT2D eigenvalue weighted by Crippen LogP contribution is -2.45. The smallest absolute Gasteiger partial charge is 0.337 e. The van der Waals surface area contributed by atoms with Gasteiger partial charge < -0.3 is 24.8 Å². The maximum absolute atomic E-state index is 12.6. The average Bonchev–Trinajstić information content (AvgIpc) is 2.78. The van der Waals surface area contributed by atoms with Crippen LogP contribution in [0.25, 0.3) is 0 Å². The number of amides is 2. The summed E-state index contributed by atoms with van der Waals surface area (Å²) in [5.74, 6) is 0.569. The van der Waals surface area contributed by atoms with E-state index in [-0.39, 0.29) is 6.03 Å². The Balaban J connectivity index is 1.94. The lowest BCUT2D eigenvalue weighted by atomic mass is 9.93. The van der Waals surface area contributed by atoms with E-state index >= 15 is 0 Å². The van der Waals surface area contributed by atoms with E-state index < -0.39 is 12.0 Å². The zero-order valence-electron chi connectivity index (χ0n) is 18.4. The van der Waals surface area contributed by atoms with Crippen molar-refractivity contribution in [1.29, 1.82) is 0 Å². The minimum Gasteiger partial charge on any atom is -0.490 e. The molecule has 8 heteroatoms. The molecule has 0 aromatic heterocycles. The summed E-state index contributed by atoms with van der Waals surface area (Å²) in [4.78, 5) is 24.8. The quantitative estimate of drug-likeness (QED) is 0.522. The third kappa shape index (κ3) is 5.53. The van der Waals surface area contributed by atoms with E-state index in [1.54, 1.807) is 24.3 Å². The van der Waals surface area contributed by atoms with Crippen LogP contribution in [0.15, 0.2) is 53.7 Å². The largest absolute Gasteiger partial charge is 0.490 e. The van der Waals surface area contributed by atoms with E-state index in [4.69, 9.17) is 25.8 Å². The Kier molecular flexibility index (Phi) is 8.00. The first kappa shape index (κ1) is 23.5. The number of halogens is 1. The van der Waals surface area contributed by atoms with Crippen LogP contribution in [0.2, 0.25) is 5.02 Å². The molecular weight excluding hydrogens is 432 g/mol. The van der Waals surface area contributed by atoms with Gasteiger partial charge in [-0.1, -0.05) is 43.1 Å². The second kappa shape index (κ2) is 10.9. The topological polar surface area (TPSA) is 85.9 Å². The first-order valence-corrected chi connectivity index (χ1v) is 10.9. The van der Waals surface area contributed by atoms with Crippen molar-refractivity contribution in [2.45, 2.75) is 39.3 Å². The Bertz CT molecular complexity index is 1020. The highest BCUT2D eigenvalue weighted by Crippen LogP contribution is 2.35. The summed E-state index contributed by atoms with van der Waals surface area (Å²) >= 11 is 6.05. The van der Waals surface area contributed by atoms with E-state index in [0.717, 1.165) is 12.0 Å². The molecule has 1 heterocycles. The molecule has 1 aliphatic heterocycles. The van der Waals surface area contributed by atoms with Gasteiger partial charge >= 0.3 is 12.0 Å². The average molecular weight is 459 g/mol. The predicted octanol–water partition coefficient (Wildman–Crippen LogP) is 4.90. The van der Waals surface area contributed by atoms with Crippen LogP contribution < -0.4 is 20.1 Å². The molecule has 2 N–H and O–H groups in total. The van der Waals surface area contributed by atoms with Crippen molar-refractivity contribution in [3.63, 3.8) is 0 Å². The minimum atomic E-state index is -0.668. The van der Waals surface area contributed by atoms with Crippen molar-refractivity contribution >= 4 is 23.6 Å². The van der Waals surface area contributed by atoms with Gasteiger partial charge in [-0.05, 0) is 48.7 Å². The summed E-state index contributed by atoms with van der Waals surface area (Å²) in [6, 6.07) is 11.7. The Hall–Kier alpha value is -3.19. The summed E-state index contributed by atoms with van der Waals surface area (Å²) < 4.78 is 16.8. The van der Waals surface area contributed by atoms with Gasteiger partial charge in [0.2, 0.25) is 0 Å². The number of nitrogens with one attached hydrogen (secondary N) is 2. The number of hydrogen-bond acceptors (Lipinski definition) is 5. The summed E-state index contributed by atoms with van der Waals surface area (Å²) in [5.41, 5.74) is 2.55. The number of hydrogen-bond donors (Lipinski definition) is 2. The molecule has 3 rings (SSSR count). The van der Waals surface area contributed by atoms with E-state index in [2.05, 4.69) is 10.6 Å². The van der Waals surface area contributed by atoms with Crippen LogP contribution in [-0.2, 0) is 16.1 Å². The minimum absolute atomic E-state index is 0.317. The zero-order chi connectivity index (χ0) is 23.1. The third-order valence-corrected chi connectivity index (χ3v) is 5.18. The van der Waals surface area contributed by atoms with E-state index in [0.29, 0.717) is 53.0 Å². The van der Waals surface area contributed by atoms with Crippen molar-refractivity contribution in [1.82, 2.24) is 10.6 Å². The van der Waals surface area contributed by atoms with Crippen LogP contribution >= 0.6 is 11.6 Å². The molecule has 170 valence electrons. The van der Waals surface area contributed by atoms with Crippen molar-refractivity contribution in [2.75, 3.05) is 13.7 Å². The number of carbonyl (C=O) groups excluding carboxylic acids is 2. The standard InChI is InChI=1S/C24H27ClN2O5/c1-4-7-18-21(23(28)30-3)22(27-24(29)26-18)16-10-11-19(20(13-16)31-5-2)32-14-15-8-6-9-17(25)12-15/h6,8-13,22H,4-5,7,14H2,1-3H3,(H2,26,27,29). The Morgan fingerprint density at radius 2 is 1.91 bits per heavy atom. The lowest BCUT2D eigenvalue weighted by molar-refractivity contribution is -0.136. The summed E-state index contributed by atoms with van der Waals surface area (Å²) in [7, 11) is 1.32. The summed E-state index contributed by atoms with van der Waals surface area (Å²) in [6.45, 7) is 4.59. The molecule has 0 saturated heterocycles. The van der Waals surface area contributed by atoms with Gasteiger partial charge in [0.25, 0.3) is 0 Å². The lowest BCUT2D eigenvalue weighted by Gasteiger charge is -2.29. The number of methoxy groups -OCH3 is 1. The normalized spacial score (nSPS) is 15.6. The fourth-order valence-electron chi connectivity index (χ4n) is 3.55. The van der Waals surface area contributed by atoms with Gasteiger partial charge in [-0.15, -0.1) is 0 Å². The maximum atomic E-state index is 12.6. The molecule has 7 nitrogen and oxygen atoms in total. The van der Waals surface area contributed by atoms with Crippen LogP contribution in [-0.4, -0.2) is 25.7 Å². The molecule has 32 heavy (non-hydrogen) atoms. The van der Waals surface area contributed by atoms with Crippen LogP contribution in [0, 0.1) is 0 Å². The maximum Gasteiger partial charge on any atom is 0.337 e. The van der Waals surface area contributed by atoms with Gasteiger partial charge in [0.1, 0.15) is 6.61 Å². The molecule has 2 aromatic rings. The first-order chi connectivity index (χ1) is 15.5. The summed E-state index contributed by atoms with van der Waals surface area (Å²) in [6.07, 6.45) is 1.32. The number of esters is 1. The van der Waals surface area contributed by atoms with Gasteiger partial charge in [-0.25, -0.2) is 9.59 Å². The molecule has 2 aromatic carbocycles. The summed E-state index contributed by atoms with van der Waals surface area (Å²) in [5, 5.41) is 6.20. The van der Waals surface area contributed by atoms with Crippen LogP contribution in [0.3, 0.4) is 0 Å². The van der Waals surface area contributed by atoms with Crippen LogP contribution in [0.4, 0.5) is 4.79 Å². The number of carbonyl (C=O) groups is 2. The molecule has 2 amide bonds. The van der Waals surface area contributed by atoms with Gasteiger partial charge in [0.15, 0.2) is 11.5 Å². The van der Waals surface area contributed by atoms with Gasteiger partial charge in [0, 0.05) is 10.7 Å². The number of urea groups is 1. The number of ether oxygens (including phenoxy) is 3. The third-order valence-electron chi connectivity index (χ3n) is 4.94. The van der Waals surface area contributed by atoms with Gasteiger partial charge in [-0.3, -0.25) is 0 Å². The van der Waals surface area contributed by atoms with Crippen LogP contribution in [0.5, 0.6) is 11.5 Å². The highest BCUT2D eigenvalue weighted by molar-refractivity contribution is 6.30. The molecular formula is C24H27ClN2O5. The van der Waals surface area contributed by atoms with Crippen molar-refractivity contribution < 1.29 is 23.8 Å². The Morgan fingerprint density at radius 1 is 1.09 bits per heavy atom. The predicted molar refractivity (Wildman–Crippen MR) is 122 cm³/mol. The van der Waals surface area contributed by atoms with E-state index in [1.165, 1.54) is 7.11 Å². The number of allylic oxidation sites excluding steroid dienone is 1. The highest BCUT2D eigenvalue weighted by atomic mass is 35.5. The molecule has 1 aliphatic rings. The second-order valence-electron chi connectivity index (χ2n) is 7.22. The van der Waals surface area contributed by atoms with Crippen molar-refractivity contribution in [3.05, 3.63) is 69.9 Å². The zero-order valence-corrected chi connectivity index (χ0v) is 19.1. The molecule has 1 unspecified atom stereocenters. The fourth-order valence-corrected chi connectivity index (χ4v) is 3.76. The van der Waals surface area contributed by atoms with Gasteiger partial charge in [-0.2, -0.15) is 0 Å². The van der Waals surface area contributed by atoms with Crippen molar-refractivity contribution in [3.8, 4) is 11.5 Å².